The number of nitrogens with zero attached hydrogens (tertiary/aromatic N) is 3. The molecule has 4 rings (SSSR count). The van der Waals surface area contributed by atoms with E-state index < -0.39 is 11.4 Å². The highest BCUT2D eigenvalue weighted by atomic mass is 35.5. The molecular formula is C27H28ClN3O3. The quantitative estimate of drug-likeness (QED) is 0.354. The van der Waals surface area contributed by atoms with Gasteiger partial charge in [0.05, 0.1) is 12.7 Å². The topological polar surface area (TPSA) is 77.2 Å². The number of hydrogen-bond donors (Lipinski definition) is 1. The lowest BCUT2D eigenvalue weighted by Gasteiger charge is -2.30. The minimum atomic E-state index is -0.519. The number of aromatic nitrogens is 3. The molecule has 0 amide bonds. The number of esters is 1. The maximum Gasteiger partial charge on any atom is 0.337 e. The largest absolute Gasteiger partial charge is 0.505 e. The van der Waals surface area contributed by atoms with Gasteiger partial charge in [-0.15, -0.1) is 15.0 Å². The van der Waals surface area contributed by atoms with E-state index in [1.165, 1.54) is 11.9 Å². The molecule has 7 heteroatoms. The average molecular weight is 478 g/mol. The van der Waals surface area contributed by atoms with Crippen LogP contribution >= 0.6 is 11.6 Å². The zero-order valence-corrected chi connectivity index (χ0v) is 20.9. The Bertz CT molecular complexity index is 1380. The molecule has 0 atom stereocenters. The van der Waals surface area contributed by atoms with Gasteiger partial charge >= 0.3 is 5.97 Å². The smallest absolute Gasteiger partial charge is 0.337 e. The highest BCUT2D eigenvalue weighted by molar-refractivity contribution is 6.30. The molecule has 0 radical (unpaired) electrons. The summed E-state index contributed by atoms with van der Waals surface area (Å²) in [5.74, 6) is -0.345. The Morgan fingerprint density at radius 3 is 2.18 bits per heavy atom. The first kappa shape index (κ1) is 23.8. The predicted molar refractivity (Wildman–Crippen MR) is 134 cm³/mol. The van der Waals surface area contributed by atoms with Gasteiger partial charge in [0, 0.05) is 16.0 Å². The van der Waals surface area contributed by atoms with E-state index in [4.69, 9.17) is 16.3 Å². The molecule has 1 heterocycles. The molecule has 0 aliphatic carbocycles. The summed E-state index contributed by atoms with van der Waals surface area (Å²) in [7, 11) is 1.34. The summed E-state index contributed by atoms with van der Waals surface area (Å²) >= 11 is 6.11. The monoisotopic (exact) mass is 477 g/mol. The summed E-state index contributed by atoms with van der Waals surface area (Å²) in [5, 5.41) is 21.3. The van der Waals surface area contributed by atoms with E-state index in [1.54, 1.807) is 18.2 Å². The number of halogens is 1. The van der Waals surface area contributed by atoms with Crippen LogP contribution in [0.15, 0.2) is 54.6 Å². The molecule has 0 saturated carbocycles. The van der Waals surface area contributed by atoms with Crippen molar-refractivity contribution in [2.75, 3.05) is 7.11 Å². The molecule has 0 bridgehead atoms. The fourth-order valence-electron chi connectivity index (χ4n) is 3.97. The minimum Gasteiger partial charge on any atom is -0.505 e. The molecule has 6 nitrogen and oxygen atoms in total. The maximum atomic E-state index is 11.9. The van der Waals surface area contributed by atoms with Crippen molar-refractivity contribution in [1.82, 2.24) is 15.0 Å². The van der Waals surface area contributed by atoms with Crippen molar-refractivity contribution in [3.63, 3.8) is 0 Å². The molecule has 1 N–H and O–H groups in total. The summed E-state index contributed by atoms with van der Waals surface area (Å²) in [6, 6.07) is 16.6. The Morgan fingerprint density at radius 1 is 0.912 bits per heavy atom. The van der Waals surface area contributed by atoms with Crippen LogP contribution < -0.4 is 0 Å². The fraction of sp³-hybridized carbons (Fsp3) is 0.296. The Labute approximate surface area is 204 Å². The van der Waals surface area contributed by atoms with Gasteiger partial charge in [0.15, 0.2) is 0 Å². The third-order valence-electron chi connectivity index (χ3n) is 6.21. The molecule has 0 fully saturated rings. The van der Waals surface area contributed by atoms with Crippen molar-refractivity contribution >= 4 is 28.6 Å². The zero-order valence-electron chi connectivity index (χ0n) is 20.2. The second kappa shape index (κ2) is 8.44. The van der Waals surface area contributed by atoms with Crippen LogP contribution in [0, 0.1) is 0 Å². The standard InChI is InChI=1S/C27H28ClN3O3/c1-26(2,3)18-14-20(27(4,5)17-8-10-19(28)11-9-17)24(32)23(15-18)31-29-21-12-7-16(25(33)34-6)13-22(21)30-31/h7-15,32H,1-6H3. The number of methoxy groups -OCH3 is 1. The Kier molecular flexibility index (Phi) is 5.90. The van der Waals surface area contributed by atoms with E-state index in [-0.39, 0.29) is 11.2 Å². The van der Waals surface area contributed by atoms with Crippen LogP contribution in [0.4, 0.5) is 0 Å². The molecule has 4 aromatic rings. The first-order valence-corrected chi connectivity index (χ1v) is 11.4. The number of hydrogen-bond acceptors (Lipinski definition) is 5. The molecule has 0 unspecified atom stereocenters. The minimum absolute atomic E-state index is 0.0986. The number of phenolic OH excluding ortho intramolecular Hbond substituents is 1. The maximum absolute atomic E-state index is 11.9. The summed E-state index contributed by atoms with van der Waals surface area (Å²) in [6.45, 7) is 10.5. The molecule has 0 saturated heterocycles. The Hall–Kier alpha value is -3.38. The number of aromatic hydroxyl groups is 1. The summed E-state index contributed by atoms with van der Waals surface area (Å²) in [5.41, 5.74) is 4.11. The molecule has 0 aliphatic rings. The average Bonchev–Trinajstić information content (AvgIpc) is 3.21. The first-order chi connectivity index (χ1) is 15.9. The Morgan fingerprint density at radius 2 is 1.56 bits per heavy atom. The molecular weight excluding hydrogens is 450 g/mol. The van der Waals surface area contributed by atoms with Crippen molar-refractivity contribution in [2.45, 2.75) is 45.4 Å². The van der Waals surface area contributed by atoms with Crippen LogP contribution in [0.3, 0.4) is 0 Å². The van der Waals surface area contributed by atoms with Gasteiger partial charge in [-0.25, -0.2) is 4.79 Å². The number of phenols is 1. The fourth-order valence-corrected chi connectivity index (χ4v) is 4.10. The van der Waals surface area contributed by atoms with Crippen LogP contribution in [0.25, 0.3) is 16.7 Å². The van der Waals surface area contributed by atoms with Gasteiger partial charge < -0.3 is 9.84 Å². The van der Waals surface area contributed by atoms with Gasteiger partial charge in [0.25, 0.3) is 0 Å². The number of ether oxygens (including phenoxy) is 1. The predicted octanol–water partition coefficient (Wildman–Crippen LogP) is 6.19. The Balaban J connectivity index is 1.93. The van der Waals surface area contributed by atoms with Gasteiger partial charge in [0.2, 0.25) is 0 Å². The number of rotatable bonds is 4. The lowest BCUT2D eigenvalue weighted by molar-refractivity contribution is 0.0601. The van der Waals surface area contributed by atoms with E-state index >= 15 is 0 Å². The lowest BCUT2D eigenvalue weighted by Crippen LogP contribution is -2.22. The summed E-state index contributed by atoms with van der Waals surface area (Å²) in [4.78, 5) is 13.4. The normalized spacial score (nSPS) is 12.2. The third kappa shape index (κ3) is 4.26. The molecule has 176 valence electrons. The highest BCUT2D eigenvalue weighted by Crippen LogP contribution is 2.42. The van der Waals surface area contributed by atoms with Crippen LogP contribution in [-0.2, 0) is 15.6 Å². The summed E-state index contributed by atoms with van der Waals surface area (Å²) in [6.07, 6.45) is 0. The van der Waals surface area contributed by atoms with Gasteiger partial charge in [-0.2, -0.15) is 0 Å². The van der Waals surface area contributed by atoms with E-state index in [2.05, 4.69) is 44.8 Å². The number of carbonyl (C=O) groups is 1. The third-order valence-corrected chi connectivity index (χ3v) is 6.46. The highest BCUT2D eigenvalue weighted by Gasteiger charge is 2.31. The SMILES string of the molecule is COC(=O)c1ccc2nn(-c3cc(C(C)(C)C)cc(C(C)(C)c4ccc(Cl)cc4)c3O)nc2c1. The first-order valence-electron chi connectivity index (χ1n) is 11.0. The zero-order chi connectivity index (χ0) is 24.8. The van der Waals surface area contributed by atoms with Gasteiger partial charge in [-0.05, 0) is 52.9 Å². The van der Waals surface area contributed by atoms with Crippen molar-refractivity contribution in [2.24, 2.45) is 0 Å². The van der Waals surface area contributed by atoms with Crippen molar-refractivity contribution < 1.29 is 14.6 Å². The van der Waals surface area contributed by atoms with Gasteiger partial charge in [-0.3, -0.25) is 0 Å². The number of carbonyl (C=O) groups excluding carboxylic acids is 1. The number of fused-ring (bicyclic) bond motifs is 1. The van der Waals surface area contributed by atoms with Crippen molar-refractivity contribution in [3.05, 3.63) is 81.9 Å². The van der Waals surface area contributed by atoms with Crippen LogP contribution in [0.1, 0.15) is 61.7 Å². The van der Waals surface area contributed by atoms with E-state index in [9.17, 15) is 9.90 Å². The molecule has 1 aromatic heterocycles. The second-order valence-electron chi connectivity index (χ2n) is 9.96. The molecule has 0 aliphatic heterocycles. The van der Waals surface area contributed by atoms with E-state index in [1.807, 2.05) is 36.4 Å². The van der Waals surface area contributed by atoms with E-state index in [0.29, 0.717) is 27.3 Å². The van der Waals surface area contributed by atoms with Gasteiger partial charge in [-0.1, -0.05) is 64.4 Å². The molecule has 3 aromatic carbocycles. The van der Waals surface area contributed by atoms with E-state index in [0.717, 1.165) is 16.7 Å². The van der Waals surface area contributed by atoms with Crippen LogP contribution in [0.5, 0.6) is 5.75 Å². The van der Waals surface area contributed by atoms with Crippen molar-refractivity contribution in [1.29, 1.82) is 0 Å². The van der Waals surface area contributed by atoms with Crippen molar-refractivity contribution in [3.8, 4) is 11.4 Å². The lowest BCUT2D eigenvalue weighted by atomic mass is 9.75. The van der Waals surface area contributed by atoms with Crippen LogP contribution in [0.2, 0.25) is 5.02 Å². The van der Waals surface area contributed by atoms with Crippen LogP contribution in [-0.4, -0.2) is 33.2 Å². The number of benzene rings is 3. The molecule has 34 heavy (non-hydrogen) atoms. The molecule has 0 spiro atoms. The van der Waals surface area contributed by atoms with Gasteiger partial charge in [0.1, 0.15) is 22.5 Å². The summed E-state index contributed by atoms with van der Waals surface area (Å²) < 4.78 is 4.81. The second-order valence-corrected chi connectivity index (χ2v) is 10.4.